The highest BCUT2D eigenvalue weighted by atomic mass is 79.9. The summed E-state index contributed by atoms with van der Waals surface area (Å²) in [6, 6.07) is 5.74. The van der Waals surface area contributed by atoms with E-state index in [4.69, 9.17) is 16.3 Å². The zero-order chi connectivity index (χ0) is 14.6. The van der Waals surface area contributed by atoms with Gasteiger partial charge < -0.3 is 9.64 Å². The van der Waals surface area contributed by atoms with Crippen LogP contribution in [-0.2, 0) is 11.3 Å². The molecule has 0 fully saturated rings. The standard InChI is InChI=1S/C14H19BrClNO2/c1-14(2,9-16)13(18)17(3)8-10-7-11(15)5-6-12(10)19-4/h5-7H,8-9H2,1-4H3. The number of hydrogen-bond acceptors (Lipinski definition) is 2. The van der Waals surface area contributed by atoms with Crippen molar-refractivity contribution < 1.29 is 9.53 Å². The summed E-state index contributed by atoms with van der Waals surface area (Å²) >= 11 is 9.26. The van der Waals surface area contributed by atoms with Gasteiger partial charge in [-0.25, -0.2) is 0 Å². The Kier molecular flexibility index (Phi) is 5.68. The summed E-state index contributed by atoms with van der Waals surface area (Å²) in [7, 11) is 3.40. The fraction of sp³-hybridized carbons (Fsp3) is 0.500. The summed E-state index contributed by atoms with van der Waals surface area (Å²) in [6.07, 6.45) is 0. The van der Waals surface area contributed by atoms with Crippen molar-refractivity contribution in [2.24, 2.45) is 5.41 Å². The first kappa shape index (κ1) is 16.3. The second kappa shape index (κ2) is 6.62. The number of amides is 1. The molecule has 1 aromatic carbocycles. The lowest BCUT2D eigenvalue weighted by Gasteiger charge is -2.28. The van der Waals surface area contributed by atoms with E-state index >= 15 is 0 Å². The highest BCUT2D eigenvalue weighted by Gasteiger charge is 2.29. The number of carbonyl (C=O) groups excluding carboxylic acids is 1. The second-order valence-corrected chi connectivity index (χ2v) is 6.32. The third kappa shape index (κ3) is 4.11. The molecular formula is C14H19BrClNO2. The topological polar surface area (TPSA) is 29.5 Å². The molecule has 0 saturated carbocycles. The molecule has 0 radical (unpaired) electrons. The van der Waals surface area contributed by atoms with Crippen molar-refractivity contribution >= 4 is 33.4 Å². The maximum Gasteiger partial charge on any atom is 0.229 e. The Labute approximate surface area is 128 Å². The van der Waals surface area contributed by atoms with Gasteiger partial charge in [-0.1, -0.05) is 15.9 Å². The first-order chi connectivity index (χ1) is 8.81. The molecule has 1 amide bonds. The number of nitrogens with zero attached hydrogens (tertiary/aromatic N) is 1. The van der Waals surface area contributed by atoms with Crippen molar-refractivity contribution in [2.45, 2.75) is 20.4 Å². The molecule has 19 heavy (non-hydrogen) atoms. The van der Waals surface area contributed by atoms with Gasteiger partial charge in [0.2, 0.25) is 5.91 Å². The van der Waals surface area contributed by atoms with E-state index in [1.807, 2.05) is 32.0 Å². The number of ether oxygens (including phenoxy) is 1. The van der Waals surface area contributed by atoms with Crippen LogP contribution in [0.2, 0.25) is 0 Å². The predicted octanol–water partition coefficient (Wildman–Crippen LogP) is 3.68. The van der Waals surface area contributed by atoms with Gasteiger partial charge in [0.15, 0.2) is 0 Å². The smallest absolute Gasteiger partial charge is 0.229 e. The Bertz CT molecular complexity index is 463. The van der Waals surface area contributed by atoms with Crippen molar-refractivity contribution in [3.8, 4) is 5.75 Å². The van der Waals surface area contributed by atoms with E-state index in [9.17, 15) is 4.79 Å². The van der Waals surface area contributed by atoms with Crippen molar-refractivity contribution in [1.29, 1.82) is 0 Å². The zero-order valence-corrected chi connectivity index (χ0v) is 14.0. The molecule has 0 N–H and O–H groups in total. The average molecular weight is 349 g/mol. The van der Waals surface area contributed by atoms with Crippen LogP contribution in [0.3, 0.4) is 0 Å². The largest absolute Gasteiger partial charge is 0.496 e. The monoisotopic (exact) mass is 347 g/mol. The van der Waals surface area contributed by atoms with Gasteiger partial charge in [0.1, 0.15) is 5.75 Å². The van der Waals surface area contributed by atoms with Crippen molar-refractivity contribution in [2.75, 3.05) is 20.0 Å². The summed E-state index contributed by atoms with van der Waals surface area (Å²) in [6.45, 7) is 4.18. The van der Waals surface area contributed by atoms with Gasteiger partial charge in [-0.2, -0.15) is 0 Å². The molecule has 106 valence electrons. The van der Waals surface area contributed by atoms with Crippen LogP contribution in [0.4, 0.5) is 0 Å². The summed E-state index contributed by atoms with van der Waals surface area (Å²) in [5, 5.41) is 0. The van der Waals surface area contributed by atoms with Gasteiger partial charge >= 0.3 is 0 Å². The first-order valence-corrected chi connectivity index (χ1v) is 7.28. The van der Waals surface area contributed by atoms with Gasteiger partial charge in [-0.05, 0) is 32.0 Å². The lowest BCUT2D eigenvalue weighted by atomic mass is 9.94. The number of halogens is 2. The van der Waals surface area contributed by atoms with Crippen LogP contribution in [0.15, 0.2) is 22.7 Å². The van der Waals surface area contributed by atoms with Crippen LogP contribution >= 0.6 is 27.5 Å². The maximum absolute atomic E-state index is 12.3. The normalized spacial score (nSPS) is 11.3. The molecular weight excluding hydrogens is 330 g/mol. The zero-order valence-electron chi connectivity index (χ0n) is 11.7. The fourth-order valence-electron chi connectivity index (χ4n) is 1.77. The van der Waals surface area contributed by atoms with Gasteiger partial charge in [0, 0.05) is 29.5 Å². The summed E-state index contributed by atoms with van der Waals surface area (Å²) in [5.41, 5.74) is 0.397. The minimum absolute atomic E-state index is 0.0181. The van der Waals surface area contributed by atoms with Gasteiger partial charge in [0.05, 0.1) is 12.5 Å². The first-order valence-electron chi connectivity index (χ1n) is 5.95. The quantitative estimate of drug-likeness (QED) is 0.760. The Morgan fingerprint density at radius 1 is 1.47 bits per heavy atom. The third-order valence-corrected chi connectivity index (χ3v) is 4.07. The predicted molar refractivity (Wildman–Crippen MR) is 81.7 cm³/mol. The average Bonchev–Trinajstić information content (AvgIpc) is 2.38. The highest BCUT2D eigenvalue weighted by molar-refractivity contribution is 9.10. The van der Waals surface area contributed by atoms with E-state index in [1.54, 1.807) is 19.1 Å². The van der Waals surface area contributed by atoms with E-state index in [1.165, 1.54) is 0 Å². The molecule has 0 saturated heterocycles. The molecule has 0 spiro atoms. The Hall–Kier alpha value is -0.740. The number of benzene rings is 1. The summed E-state index contributed by atoms with van der Waals surface area (Å²) < 4.78 is 6.27. The Morgan fingerprint density at radius 2 is 2.11 bits per heavy atom. The Morgan fingerprint density at radius 3 is 2.63 bits per heavy atom. The molecule has 3 nitrogen and oxygen atoms in total. The van der Waals surface area contributed by atoms with Crippen molar-refractivity contribution in [3.05, 3.63) is 28.2 Å². The highest BCUT2D eigenvalue weighted by Crippen LogP contribution is 2.26. The van der Waals surface area contributed by atoms with E-state index in [0.717, 1.165) is 15.8 Å². The molecule has 0 aliphatic carbocycles. The number of hydrogen-bond donors (Lipinski definition) is 0. The molecule has 1 rings (SSSR count). The molecule has 0 aliphatic rings. The molecule has 0 heterocycles. The molecule has 0 aromatic heterocycles. The van der Waals surface area contributed by atoms with Crippen LogP contribution in [0.5, 0.6) is 5.75 Å². The molecule has 0 bridgehead atoms. The van der Waals surface area contributed by atoms with Crippen LogP contribution in [-0.4, -0.2) is 30.8 Å². The minimum atomic E-state index is -0.560. The summed E-state index contributed by atoms with van der Waals surface area (Å²) in [5.74, 6) is 1.09. The number of rotatable bonds is 5. The molecule has 0 unspecified atom stereocenters. The van der Waals surface area contributed by atoms with Crippen LogP contribution in [0, 0.1) is 5.41 Å². The van der Waals surface area contributed by atoms with E-state index in [2.05, 4.69) is 15.9 Å². The lowest BCUT2D eigenvalue weighted by Crippen LogP contribution is -2.39. The van der Waals surface area contributed by atoms with Crippen LogP contribution < -0.4 is 4.74 Å². The van der Waals surface area contributed by atoms with Crippen molar-refractivity contribution in [3.63, 3.8) is 0 Å². The van der Waals surface area contributed by atoms with Crippen LogP contribution in [0.1, 0.15) is 19.4 Å². The lowest BCUT2D eigenvalue weighted by molar-refractivity contribution is -0.138. The van der Waals surface area contributed by atoms with Gasteiger partial charge in [0.25, 0.3) is 0 Å². The van der Waals surface area contributed by atoms with Crippen molar-refractivity contribution in [1.82, 2.24) is 4.90 Å². The molecule has 0 aliphatic heterocycles. The van der Waals surface area contributed by atoms with Crippen LogP contribution in [0.25, 0.3) is 0 Å². The van der Waals surface area contributed by atoms with E-state index in [-0.39, 0.29) is 5.91 Å². The molecule has 1 aromatic rings. The number of carbonyl (C=O) groups is 1. The molecule has 0 atom stereocenters. The Balaban J connectivity index is 2.91. The second-order valence-electron chi connectivity index (χ2n) is 5.13. The molecule has 5 heteroatoms. The number of methoxy groups -OCH3 is 1. The van der Waals surface area contributed by atoms with E-state index < -0.39 is 5.41 Å². The number of alkyl halides is 1. The maximum atomic E-state index is 12.3. The third-order valence-electron chi connectivity index (χ3n) is 2.91. The van der Waals surface area contributed by atoms with Gasteiger partial charge in [-0.3, -0.25) is 4.79 Å². The van der Waals surface area contributed by atoms with E-state index in [0.29, 0.717) is 12.4 Å². The minimum Gasteiger partial charge on any atom is -0.496 e. The SMILES string of the molecule is COc1ccc(Br)cc1CN(C)C(=O)C(C)(C)CCl. The fourth-order valence-corrected chi connectivity index (χ4v) is 2.29. The van der Waals surface area contributed by atoms with Gasteiger partial charge in [-0.15, -0.1) is 11.6 Å². The summed E-state index contributed by atoms with van der Waals surface area (Å²) in [4.78, 5) is 13.9.